The molecule has 0 spiro atoms. The molecule has 0 saturated heterocycles. The summed E-state index contributed by atoms with van der Waals surface area (Å²) in [7, 11) is 1.67. The molecule has 3 heterocycles. The van der Waals surface area contributed by atoms with Gasteiger partial charge in [0.05, 0.1) is 18.8 Å². The van der Waals surface area contributed by atoms with Crippen molar-refractivity contribution in [3.63, 3.8) is 0 Å². The minimum atomic E-state index is -0.144. The van der Waals surface area contributed by atoms with Crippen molar-refractivity contribution in [2.45, 2.75) is 18.8 Å². The molecule has 2 aliphatic rings. The number of hydrogen-bond acceptors (Lipinski definition) is 5. The molecule has 2 aliphatic heterocycles. The van der Waals surface area contributed by atoms with E-state index >= 15 is 0 Å². The number of rotatable bonds is 5. The van der Waals surface area contributed by atoms with Gasteiger partial charge in [-0.2, -0.15) is 0 Å². The summed E-state index contributed by atoms with van der Waals surface area (Å²) in [6.07, 6.45) is 5.75. The van der Waals surface area contributed by atoms with Crippen molar-refractivity contribution >= 4 is 12.3 Å². The molecule has 2 atom stereocenters. The lowest BCUT2D eigenvalue weighted by molar-refractivity contribution is 0.0738. The summed E-state index contributed by atoms with van der Waals surface area (Å²) in [5.41, 5.74) is 4.38. The third-order valence-corrected chi connectivity index (χ3v) is 5.29. The van der Waals surface area contributed by atoms with E-state index in [2.05, 4.69) is 52.4 Å². The van der Waals surface area contributed by atoms with Crippen LogP contribution in [-0.4, -0.2) is 23.2 Å². The van der Waals surface area contributed by atoms with Crippen molar-refractivity contribution in [3.8, 4) is 5.75 Å². The number of fused-ring (bicyclic) bond motifs is 3. The topological polar surface area (TPSA) is 47.0 Å². The van der Waals surface area contributed by atoms with Crippen LogP contribution in [0.2, 0.25) is 0 Å². The lowest BCUT2D eigenvalue weighted by Gasteiger charge is -2.36. The van der Waals surface area contributed by atoms with Gasteiger partial charge in [-0.3, -0.25) is 9.98 Å². The zero-order valence-corrected chi connectivity index (χ0v) is 16.1. The molecule has 0 fully saturated rings. The fraction of sp³-hybridized carbons (Fsp3) is 0.167. The number of aromatic nitrogens is 1. The van der Waals surface area contributed by atoms with Gasteiger partial charge in [0.15, 0.2) is 5.88 Å². The second kappa shape index (κ2) is 7.43. The van der Waals surface area contributed by atoms with Crippen molar-refractivity contribution in [2.75, 3.05) is 7.11 Å². The van der Waals surface area contributed by atoms with E-state index in [9.17, 15) is 0 Å². The summed E-state index contributed by atoms with van der Waals surface area (Å²) in [5.74, 6) is 1.64. The van der Waals surface area contributed by atoms with Crippen LogP contribution in [0.4, 0.5) is 0 Å². The zero-order valence-electron chi connectivity index (χ0n) is 16.1. The van der Waals surface area contributed by atoms with Crippen molar-refractivity contribution in [1.29, 1.82) is 0 Å². The third-order valence-electron chi connectivity index (χ3n) is 5.29. The SMILES string of the molecule is COc1ccc(C2N=CC3c4ccccc4C=C(OCc4ccccn4)N32)cc1. The third kappa shape index (κ3) is 3.25. The Bertz CT molecular complexity index is 1060. The van der Waals surface area contributed by atoms with E-state index in [4.69, 9.17) is 14.5 Å². The van der Waals surface area contributed by atoms with Crippen LogP contribution < -0.4 is 4.74 Å². The van der Waals surface area contributed by atoms with Gasteiger partial charge >= 0.3 is 0 Å². The molecule has 0 aliphatic carbocycles. The molecule has 5 heteroatoms. The highest BCUT2D eigenvalue weighted by Gasteiger charge is 2.38. The monoisotopic (exact) mass is 383 g/mol. The lowest BCUT2D eigenvalue weighted by atomic mass is 9.96. The lowest BCUT2D eigenvalue weighted by Crippen LogP contribution is -2.31. The summed E-state index contributed by atoms with van der Waals surface area (Å²) in [6, 6.07) is 22.3. The van der Waals surface area contributed by atoms with Crippen molar-refractivity contribution in [3.05, 3.63) is 101 Å². The van der Waals surface area contributed by atoms with Crippen LogP contribution in [0.1, 0.15) is 34.6 Å². The Morgan fingerprint density at radius 3 is 2.59 bits per heavy atom. The highest BCUT2D eigenvalue weighted by molar-refractivity contribution is 5.76. The van der Waals surface area contributed by atoms with Gasteiger partial charge in [0, 0.05) is 18.5 Å². The Labute approximate surface area is 170 Å². The van der Waals surface area contributed by atoms with E-state index in [1.54, 1.807) is 13.3 Å². The normalized spacial score (nSPS) is 19.3. The standard InChI is InChI=1S/C24H21N3O2/c1-28-20-11-9-17(10-12-20)24-26-15-22-21-8-3-2-6-18(21)14-23(27(22)24)29-16-19-7-4-5-13-25-19/h2-15,22,24H,16H2,1H3. The van der Waals surface area contributed by atoms with Gasteiger partial charge in [-0.25, -0.2) is 0 Å². The molecule has 144 valence electrons. The van der Waals surface area contributed by atoms with Gasteiger partial charge in [0.2, 0.25) is 0 Å². The molecule has 3 aromatic rings. The summed E-state index contributed by atoms with van der Waals surface area (Å²) < 4.78 is 11.6. The Morgan fingerprint density at radius 1 is 0.966 bits per heavy atom. The zero-order chi connectivity index (χ0) is 19.6. The second-order valence-electron chi connectivity index (χ2n) is 7.02. The second-order valence-corrected chi connectivity index (χ2v) is 7.02. The molecule has 0 saturated carbocycles. The molecule has 2 unspecified atom stereocenters. The highest BCUT2D eigenvalue weighted by atomic mass is 16.5. The van der Waals surface area contributed by atoms with Gasteiger partial charge in [-0.1, -0.05) is 42.5 Å². The number of pyridine rings is 1. The van der Waals surface area contributed by atoms with Gasteiger partial charge < -0.3 is 14.4 Å². The Balaban J connectivity index is 1.49. The molecule has 1 aromatic heterocycles. The quantitative estimate of drug-likeness (QED) is 0.638. The summed E-state index contributed by atoms with van der Waals surface area (Å²) >= 11 is 0. The maximum Gasteiger partial charge on any atom is 0.193 e. The first-order chi connectivity index (χ1) is 14.3. The van der Waals surface area contributed by atoms with Crippen LogP contribution in [0.5, 0.6) is 5.75 Å². The molecule has 29 heavy (non-hydrogen) atoms. The van der Waals surface area contributed by atoms with Crippen LogP contribution in [0.15, 0.2) is 83.8 Å². The van der Waals surface area contributed by atoms with Crippen LogP contribution in [0.3, 0.4) is 0 Å². The van der Waals surface area contributed by atoms with E-state index in [1.165, 1.54) is 5.56 Å². The Hall–Kier alpha value is -3.60. The van der Waals surface area contributed by atoms with E-state index in [0.29, 0.717) is 6.61 Å². The largest absolute Gasteiger partial charge is 0.497 e. The summed E-state index contributed by atoms with van der Waals surface area (Å²) in [4.78, 5) is 11.4. The first-order valence-corrected chi connectivity index (χ1v) is 9.62. The fourth-order valence-corrected chi connectivity index (χ4v) is 3.84. The first-order valence-electron chi connectivity index (χ1n) is 9.62. The summed E-state index contributed by atoms with van der Waals surface area (Å²) in [6.45, 7) is 0.410. The van der Waals surface area contributed by atoms with E-state index in [-0.39, 0.29) is 12.2 Å². The minimum absolute atomic E-state index is 0.0436. The number of aliphatic imine (C=N–C) groups is 1. The average molecular weight is 383 g/mol. The number of ether oxygens (including phenoxy) is 2. The molecule has 2 aromatic carbocycles. The van der Waals surface area contributed by atoms with Crippen molar-refractivity contribution in [2.24, 2.45) is 4.99 Å². The minimum Gasteiger partial charge on any atom is -0.497 e. The smallest absolute Gasteiger partial charge is 0.193 e. The number of nitrogens with zero attached hydrogens (tertiary/aromatic N) is 3. The molecule has 0 bridgehead atoms. The fourth-order valence-electron chi connectivity index (χ4n) is 3.84. The van der Waals surface area contributed by atoms with Crippen LogP contribution in [0.25, 0.3) is 6.08 Å². The van der Waals surface area contributed by atoms with Gasteiger partial charge in [0.25, 0.3) is 0 Å². The molecule has 5 rings (SSSR count). The molecule has 0 N–H and O–H groups in total. The highest BCUT2D eigenvalue weighted by Crippen LogP contribution is 2.44. The molecule has 0 amide bonds. The van der Waals surface area contributed by atoms with Crippen LogP contribution in [0, 0.1) is 0 Å². The van der Waals surface area contributed by atoms with Gasteiger partial charge in [0.1, 0.15) is 18.5 Å². The number of methoxy groups -OCH3 is 1. The summed E-state index contributed by atoms with van der Waals surface area (Å²) in [5, 5.41) is 0. The predicted molar refractivity (Wildman–Crippen MR) is 112 cm³/mol. The van der Waals surface area contributed by atoms with Crippen LogP contribution in [-0.2, 0) is 11.3 Å². The van der Waals surface area contributed by atoms with Crippen LogP contribution >= 0.6 is 0 Å². The molecule has 0 radical (unpaired) electrons. The van der Waals surface area contributed by atoms with E-state index in [1.807, 2.05) is 36.5 Å². The number of hydrogen-bond donors (Lipinski definition) is 0. The van der Waals surface area contributed by atoms with Crippen molar-refractivity contribution in [1.82, 2.24) is 9.88 Å². The average Bonchev–Trinajstić information content (AvgIpc) is 3.24. The molecular formula is C24H21N3O2. The Morgan fingerprint density at radius 2 is 1.79 bits per heavy atom. The van der Waals surface area contributed by atoms with E-state index < -0.39 is 0 Å². The Kier molecular flexibility index (Phi) is 4.48. The molecular weight excluding hydrogens is 362 g/mol. The van der Waals surface area contributed by atoms with Gasteiger partial charge in [-0.05, 0) is 41.0 Å². The first kappa shape index (κ1) is 17.5. The predicted octanol–water partition coefficient (Wildman–Crippen LogP) is 4.75. The van der Waals surface area contributed by atoms with E-state index in [0.717, 1.165) is 28.5 Å². The molecule has 5 nitrogen and oxygen atoms in total. The van der Waals surface area contributed by atoms with Gasteiger partial charge in [-0.15, -0.1) is 0 Å². The van der Waals surface area contributed by atoms with Crippen molar-refractivity contribution < 1.29 is 9.47 Å². The maximum atomic E-state index is 6.26. The number of benzene rings is 2. The maximum absolute atomic E-state index is 6.26.